The Kier molecular flexibility index (Phi) is 6.95. The van der Waals surface area contributed by atoms with Gasteiger partial charge in [0.15, 0.2) is 11.5 Å². The van der Waals surface area contributed by atoms with Crippen molar-refractivity contribution in [3.05, 3.63) is 41.7 Å². The first kappa shape index (κ1) is 22.1. The van der Waals surface area contributed by atoms with Gasteiger partial charge in [-0.05, 0) is 23.0 Å². The van der Waals surface area contributed by atoms with Gasteiger partial charge >= 0.3 is 0 Å². The van der Waals surface area contributed by atoms with Crippen LogP contribution in [-0.2, 0) is 13.6 Å². The molecule has 2 aromatic rings. The van der Waals surface area contributed by atoms with Gasteiger partial charge in [0.05, 0.1) is 6.04 Å². The van der Waals surface area contributed by atoms with Crippen LogP contribution in [0.15, 0.2) is 40.6 Å². The Balaban J connectivity index is 1.65. The molecule has 0 saturated heterocycles. The average Bonchev–Trinajstić information content (AvgIpc) is 3.35. The van der Waals surface area contributed by atoms with Crippen LogP contribution in [0.3, 0.4) is 0 Å². The molecule has 30 heavy (non-hydrogen) atoms. The van der Waals surface area contributed by atoms with E-state index in [9.17, 15) is 0 Å². The van der Waals surface area contributed by atoms with Crippen LogP contribution in [0, 0.1) is 17.8 Å². The van der Waals surface area contributed by atoms with Gasteiger partial charge in [-0.25, -0.2) is 4.68 Å². The lowest BCUT2D eigenvalue weighted by Gasteiger charge is -2.37. The first-order valence-electron chi connectivity index (χ1n) is 10.4. The second kappa shape index (κ2) is 9.45. The highest BCUT2D eigenvalue weighted by molar-refractivity contribution is 5.14. The number of terminal acetylenes is 1. The molecule has 0 amide bonds. The fourth-order valence-corrected chi connectivity index (χ4v) is 4.02. The highest BCUT2D eigenvalue weighted by Crippen LogP contribution is 2.37. The van der Waals surface area contributed by atoms with E-state index in [0.717, 1.165) is 38.3 Å². The number of aryl methyl sites for hydroxylation is 1. The lowest BCUT2D eigenvalue weighted by atomic mass is 9.82. The van der Waals surface area contributed by atoms with Crippen molar-refractivity contribution < 1.29 is 0 Å². The summed E-state index contributed by atoms with van der Waals surface area (Å²) in [5, 5.41) is 24.4. The van der Waals surface area contributed by atoms with E-state index in [1.165, 1.54) is 5.56 Å². The van der Waals surface area contributed by atoms with E-state index in [4.69, 9.17) is 6.42 Å². The summed E-state index contributed by atoms with van der Waals surface area (Å²) in [4.78, 5) is 2.34. The monoisotopic (exact) mass is 408 g/mol. The average molecular weight is 409 g/mol. The van der Waals surface area contributed by atoms with Gasteiger partial charge < -0.3 is 10.2 Å². The molecule has 3 rings (SSSR count). The van der Waals surface area contributed by atoms with Gasteiger partial charge in [0.1, 0.15) is 0 Å². The van der Waals surface area contributed by atoms with E-state index in [-0.39, 0.29) is 17.1 Å². The Hall–Kier alpha value is -2.63. The standard InChI is InChI=1S/C22H32N8/c1-6-7-13-22(25-26-22)14-15-23-19(20-24-27-28-30(20)5)21(2,3)17-29(4)16-18-11-9-8-10-12-18/h1,8-12,19,23H,7,13-17H2,2-5H3. The summed E-state index contributed by atoms with van der Waals surface area (Å²) in [6, 6.07) is 10.5. The number of hydrogen-bond donors (Lipinski definition) is 1. The van der Waals surface area contributed by atoms with Crippen LogP contribution in [0.25, 0.3) is 0 Å². The Morgan fingerprint density at radius 2 is 1.97 bits per heavy atom. The fraction of sp³-hybridized carbons (Fsp3) is 0.591. The lowest BCUT2D eigenvalue weighted by molar-refractivity contribution is 0.144. The largest absolute Gasteiger partial charge is 0.307 e. The van der Waals surface area contributed by atoms with E-state index in [1.807, 2.05) is 13.1 Å². The van der Waals surface area contributed by atoms with Gasteiger partial charge in [-0.1, -0.05) is 44.2 Å². The molecule has 1 aromatic carbocycles. The summed E-state index contributed by atoms with van der Waals surface area (Å²) in [5.41, 5.74) is 0.889. The summed E-state index contributed by atoms with van der Waals surface area (Å²) in [6.07, 6.45) is 7.73. The minimum atomic E-state index is -0.295. The Labute approximate surface area is 179 Å². The molecule has 0 aliphatic carbocycles. The Bertz CT molecular complexity index is 874. The van der Waals surface area contributed by atoms with E-state index < -0.39 is 0 Å². The normalized spacial score (nSPS) is 15.9. The number of hydrogen-bond acceptors (Lipinski definition) is 7. The summed E-state index contributed by atoms with van der Waals surface area (Å²) in [7, 11) is 4.03. The highest BCUT2D eigenvalue weighted by atomic mass is 15.5. The summed E-state index contributed by atoms with van der Waals surface area (Å²) in [5.74, 6) is 3.51. The van der Waals surface area contributed by atoms with Gasteiger partial charge in [-0.15, -0.1) is 17.4 Å². The molecular formula is C22H32N8. The third kappa shape index (κ3) is 5.71. The first-order chi connectivity index (χ1) is 14.4. The molecule has 1 aromatic heterocycles. The summed E-state index contributed by atoms with van der Waals surface area (Å²) in [6.45, 7) is 7.03. The van der Waals surface area contributed by atoms with Gasteiger partial charge in [0.25, 0.3) is 0 Å². The molecule has 8 heteroatoms. The smallest absolute Gasteiger partial charge is 0.193 e. The molecule has 1 unspecified atom stereocenters. The predicted molar refractivity (Wildman–Crippen MR) is 116 cm³/mol. The van der Waals surface area contributed by atoms with Crippen LogP contribution in [0.5, 0.6) is 0 Å². The first-order valence-corrected chi connectivity index (χ1v) is 10.4. The molecule has 1 N–H and O–H groups in total. The van der Waals surface area contributed by atoms with Crippen molar-refractivity contribution >= 4 is 0 Å². The minimum absolute atomic E-state index is 0.0147. The van der Waals surface area contributed by atoms with Crippen molar-refractivity contribution in [2.24, 2.45) is 22.7 Å². The summed E-state index contributed by atoms with van der Waals surface area (Å²) >= 11 is 0. The molecule has 8 nitrogen and oxygen atoms in total. The maximum atomic E-state index is 5.40. The SMILES string of the molecule is C#CCCC1(CCNC(c2nnnn2C)C(C)(C)CN(C)Cc2ccccc2)N=N1. The quantitative estimate of drug-likeness (QED) is 0.546. The topological polar surface area (TPSA) is 83.6 Å². The van der Waals surface area contributed by atoms with Crippen molar-refractivity contribution in [3.63, 3.8) is 0 Å². The predicted octanol–water partition coefficient (Wildman–Crippen LogP) is 2.96. The maximum absolute atomic E-state index is 5.40. The van der Waals surface area contributed by atoms with Crippen molar-refractivity contribution in [1.82, 2.24) is 30.4 Å². The number of nitrogens with zero attached hydrogens (tertiary/aromatic N) is 7. The fourth-order valence-electron chi connectivity index (χ4n) is 4.02. The molecule has 0 radical (unpaired) electrons. The highest BCUT2D eigenvalue weighted by Gasteiger charge is 2.40. The molecule has 0 bridgehead atoms. The Morgan fingerprint density at radius 3 is 2.57 bits per heavy atom. The zero-order chi connectivity index (χ0) is 21.6. The van der Waals surface area contributed by atoms with Gasteiger partial charge in [0, 0.05) is 51.4 Å². The second-order valence-electron chi connectivity index (χ2n) is 8.83. The Morgan fingerprint density at radius 1 is 1.23 bits per heavy atom. The number of tetrazole rings is 1. The van der Waals surface area contributed by atoms with Crippen LogP contribution < -0.4 is 5.32 Å². The van der Waals surface area contributed by atoms with Gasteiger partial charge in [-0.3, -0.25) is 0 Å². The van der Waals surface area contributed by atoms with E-state index >= 15 is 0 Å². The zero-order valence-electron chi connectivity index (χ0n) is 18.4. The zero-order valence-corrected chi connectivity index (χ0v) is 18.4. The minimum Gasteiger partial charge on any atom is -0.307 e. The van der Waals surface area contributed by atoms with Crippen LogP contribution in [0.2, 0.25) is 0 Å². The third-order valence-electron chi connectivity index (χ3n) is 5.59. The summed E-state index contributed by atoms with van der Waals surface area (Å²) < 4.78 is 1.75. The van der Waals surface area contributed by atoms with Crippen molar-refractivity contribution in [2.75, 3.05) is 20.1 Å². The molecule has 2 heterocycles. The molecular weight excluding hydrogens is 376 g/mol. The molecule has 1 atom stereocenters. The number of nitrogens with one attached hydrogen (secondary N) is 1. The van der Waals surface area contributed by atoms with Crippen molar-refractivity contribution in [1.29, 1.82) is 0 Å². The molecule has 0 saturated carbocycles. The van der Waals surface area contributed by atoms with Gasteiger partial charge in [-0.2, -0.15) is 10.2 Å². The van der Waals surface area contributed by atoms with Gasteiger partial charge in [0.2, 0.25) is 0 Å². The molecule has 1 aliphatic rings. The van der Waals surface area contributed by atoms with E-state index in [2.05, 4.69) is 87.1 Å². The number of benzene rings is 1. The second-order valence-corrected chi connectivity index (χ2v) is 8.83. The molecule has 0 spiro atoms. The van der Waals surface area contributed by atoms with Crippen molar-refractivity contribution in [2.45, 2.75) is 51.4 Å². The number of aromatic nitrogens is 4. The van der Waals surface area contributed by atoms with Crippen LogP contribution in [-0.4, -0.2) is 50.9 Å². The molecule has 0 fully saturated rings. The molecule has 1 aliphatic heterocycles. The van der Waals surface area contributed by atoms with E-state index in [1.54, 1.807) is 4.68 Å². The molecule has 160 valence electrons. The third-order valence-corrected chi connectivity index (χ3v) is 5.59. The maximum Gasteiger partial charge on any atom is 0.193 e. The van der Waals surface area contributed by atoms with Crippen LogP contribution in [0.1, 0.15) is 50.5 Å². The van der Waals surface area contributed by atoms with E-state index in [0.29, 0.717) is 6.42 Å². The van der Waals surface area contributed by atoms with Crippen molar-refractivity contribution in [3.8, 4) is 12.3 Å². The van der Waals surface area contributed by atoms with Crippen LogP contribution >= 0.6 is 0 Å². The lowest BCUT2D eigenvalue weighted by Crippen LogP contribution is -2.43. The number of rotatable bonds is 12. The van der Waals surface area contributed by atoms with Crippen LogP contribution in [0.4, 0.5) is 0 Å².